The molecule has 0 unspecified atom stereocenters. The summed E-state index contributed by atoms with van der Waals surface area (Å²) in [4.78, 5) is 19.2. The molecule has 1 aromatic heterocycles. The molecular formula is C23H26ClN3O2. The zero-order valence-corrected chi connectivity index (χ0v) is 17.2. The predicted octanol–water partition coefficient (Wildman–Crippen LogP) is 3.77. The molecule has 0 spiro atoms. The van der Waals surface area contributed by atoms with Gasteiger partial charge in [-0.1, -0.05) is 23.7 Å². The van der Waals surface area contributed by atoms with Crippen molar-refractivity contribution in [3.8, 4) is 5.75 Å². The Morgan fingerprint density at radius 1 is 0.931 bits per heavy atom. The fraction of sp³-hybridized carbons (Fsp3) is 0.348. The summed E-state index contributed by atoms with van der Waals surface area (Å²) in [5, 5.41) is 1.78. The minimum atomic E-state index is -0.0839. The van der Waals surface area contributed by atoms with Crippen molar-refractivity contribution < 1.29 is 4.74 Å². The molecule has 0 amide bonds. The lowest BCUT2D eigenvalue weighted by Gasteiger charge is -2.34. The highest BCUT2D eigenvalue weighted by Gasteiger charge is 2.16. The van der Waals surface area contributed by atoms with Crippen LogP contribution in [0.5, 0.6) is 5.75 Å². The van der Waals surface area contributed by atoms with Gasteiger partial charge in [0.2, 0.25) is 5.56 Å². The molecule has 1 N–H and O–H groups in total. The normalized spacial score (nSPS) is 15.6. The summed E-state index contributed by atoms with van der Waals surface area (Å²) in [5.41, 5.74) is 2.07. The Bertz CT molecular complexity index is 995. The Balaban J connectivity index is 1.17. The zero-order valence-electron chi connectivity index (χ0n) is 16.4. The van der Waals surface area contributed by atoms with E-state index >= 15 is 0 Å². The molecule has 29 heavy (non-hydrogen) atoms. The number of ether oxygens (including phenoxy) is 1. The second kappa shape index (κ2) is 9.44. The van der Waals surface area contributed by atoms with Crippen molar-refractivity contribution >= 4 is 22.5 Å². The van der Waals surface area contributed by atoms with E-state index < -0.39 is 0 Å². The molecule has 1 saturated heterocycles. The first-order valence-corrected chi connectivity index (χ1v) is 10.5. The molecule has 1 aliphatic rings. The predicted molar refractivity (Wildman–Crippen MR) is 118 cm³/mol. The van der Waals surface area contributed by atoms with Crippen LogP contribution in [0.1, 0.15) is 12.0 Å². The fourth-order valence-electron chi connectivity index (χ4n) is 3.72. The van der Waals surface area contributed by atoms with Gasteiger partial charge in [-0.05, 0) is 48.4 Å². The van der Waals surface area contributed by atoms with Crippen LogP contribution in [0.4, 0.5) is 0 Å². The van der Waals surface area contributed by atoms with Gasteiger partial charge in [0.25, 0.3) is 0 Å². The Hall–Kier alpha value is -2.34. The minimum Gasteiger partial charge on any atom is -0.494 e. The standard InChI is InChI=1S/C23H26ClN3O2/c24-20-5-2-18(3-6-20)17-27-13-11-26(12-14-27)10-1-15-29-21-7-8-22-19(16-21)4-9-23(28)25-22/h2-9,16H,1,10-15,17H2,(H,25,28). The summed E-state index contributed by atoms with van der Waals surface area (Å²) in [6, 6.07) is 17.3. The SMILES string of the molecule is O=c1ccc2cc(OCCCN3CCN(Cc4ccc(Cl)cc4)CC3)ccc2[nH]1. The first kappa shape index (κ1) is 20.0. The van der Waals surface area contributed by atoms with Crippen molar-refractivity contribution in [3.05, 3.63) is 75.5 Å². The lowest BCUT2D eigenvalue weighted by Crippen LogP contribution is -2.46. The quantitative estimate of drug-likeness (QED) is 0.601. The van der Waals surface area contributed by atoms with Crippen LogP contribution in [0, 0.1) is 0 Å². The lowest BCUT2D eigenvalue weighted by atomic mass is 10.2. The maximum absolute atomic E-state index is 11.4. The van der Waals surface area contributed by atoms with Crippen molar-refractivity contribution in [2.45, 2.75) is 13.0 Å². The number of piperazine rings is 1. The molecule has 6 heteroatoms. The van der Waals surface area contributed by atoms with Crippen LogP contribution in [-0.4, -0.2) is 54.1 Å². The van der Waals surface area contributed by atoms with Crippen molar-refractivity contribution in [2.24, 2.45) is 0 Å². The highest BCUT2D eigenvalue weighted by Crippen LogP contribution is 2.18. The number of pyridine rings is 1. The van der Waals surface area contributed by atoms with E-state index in [0.29, 0.717) is 6.61 Å². The maximum Gasteiger partial charge on any atom is 0.248 e. The molecule has 1 aliphatic heterocycles. The van der Waals surface area contributed by atoms with E-state index in [9.17, 15) is 4.79 Å². The first-order chi connectivity index (χ1) is 14.2. The average molecular weight is 412 g/mol. The summed E-state index contributed by atoms with van der Waals surface area (Å²) in [6.45, 7) is 7.10. The lowest BCUT2D eigenvalue weighted by molar-refractivity contribution is 0.121. The summed E-state index contributed by atoms with van der Waals surface area (Å²) in [7, 11) is 0. The van der Waals surface area contributed by atoms with Crippen LogP contribution in [-0.2, 0) is 6.54 Å². The van der Waals surface area contributed by atoms with Crippen LogP contribution >= 0.6 is 11.6 Å². The average Bonchev–Trinajstić information content (AvgIpc) is 2.74. The van der Waals surface area contributed by atoms with Crippen LogP contribution in [0.3, 0.4) is 0 Å². The molecular weight excluding hydrogens is 386 g/mol. The van der Waals surface area contributed by atoms with E-state index in [2.05, 4.69) is 26.9 Å². The van der Waals surface area contributed by atoms with Gasteiger partial charge < -0.3 is 14.6 Å². The molecule has 2 aromatic carbocycles. The second-order valence-corrected chi connectivity index (χ2v) is 7.95. The first-order valence-electron chi connectivity index (χ1n) is 10.1. The number of fused-ring (bicyclic) bond motifs is 1. The van der Waals surface area contributed by atoms with Crippen molar-refractivity contribution in [1.29, 1.82) is 0 Å². The smallest absolute Gasteiger partial charge is 0.248 e. The third-order valence-corrected chi connectivity index (χ3v) is 5.62. The molecule has 0 radical (unpaired) electrons. The molecule has 0 bridgehead atoms. The third kappa shape index (κ3) is 5.60. The van der Waals surface area contributed by atoms with E-state index in [4.69, 9.17) is 16.3 Å². The maximum atomic E-state index is 11.4. The Kier molecular flexibility index (Phi) is 6.49. The van der Waals surface area contributed by atoms with Gasteiger partial charge >= 0.3 is 0 Å². The third-order valence-electron chi connectivity index (χ3n) is 5.37. The number of nitrogens with zero attached hydrogens (tertiary/aromatic N) is 2. The number of hydrogen-bond donors (Lipinski definition) is 1. The van der Waals surface area contributed by atoms with Crippen molar-refractivity contribution in [3.63, 3.8) is 0 Å². The van der Waals surface area contributed by atoms with Gasteiger partial charge in [0.1, 0.15) is 5.75 Å². The zero-order chi connectivity index (χ0) is 20.1. The molecule has 2 heterocycles. The summed E-state index contributed by atoms with van der Waals surface area (Å²) in [5.74, 6) is 0.845. The topological polar surface area (TPSA) is 48.6 Å². The van der Waals surface area contributed by atoms with E-state index in [0.717, 1.165) is 67.4 Å². The van der Waals surface area contributed by atoms with E-state index in [1.807, 2.05) is 36.4 Å². The number of hydrogen-bond acceptors (Lipinski definition) is 4. The number of benzene rings is 2. The highest BCUT2D eigenvalue weighted by molar-refractivity contribution is 6.30. The van der Waals surface area contributed by atoms with Gasteiger partial charge in [-0.25, -0.2) is 0 Å². The summed E-state index contributed by atoms with van der Waals surface area (Å²) >= 11 is 5.96. The number of nitrogens with one attached hydrogen (secondary N) is 1. The number of halogens is 1. The molecule has 0 aliphatic carbocycles. The monoisotopic (exact) mass is 411 g/mol. The number of H-pyrrole nitrogens is 1. The van der Waals surface area contributed by atoms with Gasteiger partial charge in [-0.3, -0.25) is 9.69 Å². The van der Waals surface area contributed by atoms with Crippen LogP contribution < -0.4 is 10.3 Å². The van der Waals surface area contributed by atoms with Gasteiger partial charge in [0, 0.05) is 61.3 Å². The fourth-order valence-corrected chi connectivity index (χ4v) is 3.85. The van der Waals surface area contributed by atoms with Gasteiger partial charge in [-0.15, -0.1) is 0 Å². The number of rotatable bonds is 7. The second-order valence-electron chi connectivity index (χ2n) is 7.52. The molecule has 0 atom stereocenters. The van der Waals surface area contributed by atoms with Gasteiger partial charge in [0.05, 0.1) is 6.61 Å². The van der Waals surface area contributed by atoms with E-state index in [1.165, 1.54) is 5.56 Å². The molecule has 4 rings (SSSR count). The minimum absolute atomic E-state index is 0.0839. The van der Waals surface area contributed by atoms with Gasteiger partial charge in [-0.2, -0.15) is 0 Å². The van der Waals surface area contributed by atoms with Crippen LogP contribution in [0.2, 0.25) is 5.02 Å². The Labute approximate surface area is 175 Å². The molecule has 5 nitrogen and oxygen atoms in total. The molecule has 0 saturated carbocycles. The number of aromatic nitrogens is 1. The highest BCUT2D eigenvalue weighted by atomic mass is 35.5. The summed E-state index contributed by atoms with van der Waals surface area (Å²) in [6.07, 6.45) is 1.00. The summed E-state index contributed by atoms with van der Waals surface area (Å²) < 4.78 is 5.91. The molecule has 1 fully saturated rings. The Morgan fingerprint density at radius 3 is 2.48 bits per heavy atom. The number of aromatic amines is 1. The molecule has 3 aromatic rings. The van der Waals surface area contributed by atoms with Gasteiger partial charge in [0.15, 0.2) is 0 Å². The van der Waals surface area contributed by atoms with Crippen LogP contribution in [0.15, 0.2) is 59.4 Å². The van der Waals surface area contributed by atoms with E-state index in [1.54, 1.807) is 6.07 Å². The van der Waals surface area contributed by atoms with Crippen molar-refractivity contribution in [1.82, 2.24) is 14.8 Å². The van der Waals surface area contributed by atoms with Crippen LogP contribution in [0.25, 0.3) is 10.9 Å². The molecule has 152 valence electrons. The van der Waals surface area contributed by atoms with E-state index in [-0.39, 0.29) is 5.56 Å². The largest absolute Gasteiger partial charge is 0.494 e. The Morgan fingerprint density at radius 2 is 1.69 bits per heavy atom. The van der Waals surface area contributed by atoms with Crippen molar-refractivity contribution in [2.75, 3.05) is 39.3 Å².